The highest BCUT2D eigenvalue weighted by molar-refractivity contribution is 5.47. The van der Waals surface area contributed by atoms with Gasteiger partial charge < -0.3 is 14.7 Å². The Morgan fingerprint density at radius 3 is 2.15 bits per heavy atom. The normalized spacial score (nSPS) is 10.5. The number of carbonyl (C=O) groups excluding carboxylic acids is 1. The molecule has 33 heavy (non-hydrogen) atoms. The molecule has 1 amide bonds. The second-order valence-electron chi connectivity index (χ2n) is 6.02. The van der Waals surface area contributed by atoms with Crippen LogP contribution in [-0.4, -0.2) is 29.6 Å². The van der Waals surface area contributed by atoms with Crippen molar-refractivity contribution in [1.29, 1.82) is 0 Å². The van der Waals surface area contributed by atoms with E-state index in [0.29, 0.717) is 13.1 Å². The van der Waals surface area contributed by atoms with Gasteiger partial charge in [0.15, 0.2) is 0 Å². The SMILES string of the molecule is C/C=C(\C=C/CC)Oc1ccc(CN(C=O)CCO)cc1.C=C/C=C\C/C=C\C.CC.CC. The number of ether oxygens (including phenoxy) is 1. The summed E-state index contributed by atoms with van der Waals surface area (Å²) in [4.78, 5) is 12.4. The molecule has 0 saturated heterocycles. The monoisotopic (exact) mass is 457 g/mol. The number of rotatable bonds is 12. The summed E-state index contributed by atoms with van der Waals surface area (Å²) >= 11 is 0. The molecular weight excluding hydrogens is 410 g/mol. The molecule has 0 radical (unpaired) electrons. The van der Waals surface area contributed by atoms with Crippen molar-refractivity contribution in [2.45, 2.75) is 67.9 Å². The van der Waals surface area contributed by atoms with E-state index < -0.39 is 0 Å². The number of hydrogen-bond acceptors (Lipinski definition) is 3. The second-order valence-corrected chi connectivity index (χ2v) is 6.02. The van der Waals surface area contributed by atoms with Crippen LogP contribution >= 0.6 is 0 Å². The van der Waals surface area contributed by atoms with Gasteiger partial charge in [-0.25, -0.2) is 0 Å². The van der Waals surface area contributed by atoms with Gasteiger partial charge in [-0.2, -0.15) is 0 Å². The molecule has 4 nitrogen and oxygen atoms in total. The van der Waals surface area contributed by atoms with E-state index in [1.807, 2.05) is 96.2 Å². The summed E-state index contributed by atoms with van der Waals surface area (Å²) in [7, 11) is 0. The maximum absolute atomic E-state index is 10.8. The molecule has 0 atom stereocenters. The van der Waals surface area contributed by atoms with Gasteiger partial charge in [0.2, 0.25) is 6.41 Å². The van der Waals surface area contributed by atoms with Crippen LogP contribution in [0.25, 0.3) is 0 Å². The molecule has 0 aliphatic heterocycles. The van der Waals surface area contributed by atoms with Gasteiger partial charge in [-0.3, -0.25) is 4.79 Å². The van der Waals surface area contributed by atoms with Gasteiger partial charge in [-0.1, -0.05) is 89.8 Å². The molecule has 186 valence electrons. The summed E-state index contributed by atoms with van der Waals surface area (Å²) in [6.07, 6.45) is 18.5. The van der Waals surface area contributed by atoms with Crippen molar-refractivity contribution in [2.24, 2.45) is 0 Å². The van der Waals surface area contributed by atoms with Crippen LogP contribution in [0, 0.1) is 0 Å². The van der Waals surface area contributed by atoms with E-state index in [-0.39, 0.29) is 6.61 Å². The number of amides is 1. The standard InChI is InChI=1S/C17H23NO3.C8H12.2C2H6/c1-3-5-6-16(4-2)21-17-9-7-15(8-10-17)13-18(14-20)11-12-19;1-3-5-7-8-6-4-2;2*1-2/h4-10,14,19H,3,11-13H2,1-2H3;3-7H,1,8H2,2H3;2*1-2H3/b6-5-,16-4+;6-4-,7-5-;;. The van der Waals surface area contributed by atoms with Gasteiger partial charge in [-0.05, 0) is 56.5 Å². The maximum Gasteiger partial charge on any atom is 0.210 e. The smallest absolute Gasteiger partial charge is 0.210 e. The van der Waals surface area contributed by atoms with Crippen molar-refractivity contribution >= 4 is 6.41 Å². The molecule has 0 aliphatic carbocycles. The molecule has 1 N–H and O–H groups in total. The van der Waals surface area contributed by atoms with Crippen molar-refractivity contribution in [2.75, 3.05) is 13.2 Å². The minimum atomic E-state index is -0.0334. The van der Waals surface area contributed by atoms with E-state index in [0.717, 1.165) is 36.3 Å². The first-order valence-corrected chi connectivity index (χ1v) is 11.9. The van der Waals surface area contributed by atoms with E-state index >= 15 is 0 Å². The van der Waals surface area contributed by atoms with Gasteiger partial charge in [0.05, 0.1) is 6.61 Å². The molecule has 0 spiro atoms. The van der Waals surface area contributed by atoms with Crippen molar-refractivity contribution < 1.29 is 14.6 Å². The average molecular weight is 458 g/mol. The van der Waals surface area contributed by atoms with Crippen molar-refractivity contribution in [1.82, 2.24) is 4.90 Å². The van der Waals surface area contributed by atoms with Crippen LogP contribution in [-0.2, 0) is 11.3 Å². The molecule has 0 aliphatic rings. The number of allylic oxidation sites excluding steroid dienone is 8. The Bertz CT molecular complexity index is 671. The fraction of sp³-hybridized carbons (Fsp3) is 0.414. The Labute approximate surface area is 203 Å². The number of benzene rings is 1. The lowest BCUT2D eigenvalue weighted by atomic mass is 10.2. The number of carbonyl (C=O) groups is 1. The molecule has 0 unspecified atom stereocenters. The largest absolute Gasteiger partial charge is 0.458 e. The fourth-order valence-electron chi connectivity index (χ4n) is 2.14. The summed E-state index contributed by atoms with van der Waals surface area (Å²) < 4.78 is 5.75. The average Bonchev–Trinajstić information content (AvgIpc) is 2.88. The van der Waals surface area contributed by atoms with E-state index in [1.54, 1.807) is 6.08 Å². The predicted molar refractivity (Wildman–Crippen MR) is 145 cm³/mol. The Morgan fingerprint density at radius 1 is 1.06 bits per heavy atom. The Kier molecular flexibility index (Phi) is 30.7. The second kappa shape index (κ2) is 29.1. The summed E-state index contributed by atoms with van der Waals surface area (Å²) in [5, 5.41) is 8.85. The van der Waals surface area contributed by atoms with Gasteiger partial charge in [-0.15, -0.1) is 0 Å². The maximum atomic E-state index is 10.8. The van der Waals surface area contributed by atoms with Crippen molar-refractivity contribution in [3.63, 3.8) is 0 Å². The fourth-order valence-corrected chi connectivity index (χ4v) is 2.14. The lowest BCUT2D eigenvalue weighted by Crippen LogP contribution is -2.24. The third-order valence-corrected chi connectivity index (χ3v) is 3.66. The summed E-state index contributed by atoms with van der Waals surface area (Å²) in [5.41, 5.74) is 0.994. The van der Waals surface area contributed by atoms with Crippen LogP contribution in [0.2, 0.25) is 0 Å². The highest BCUT2D eigenvalue weighted by atomic mass is 16.5. The first-order chi connectivity index (χ1) is 16.1. The highest BCUT2D eigenvalue weighted by Gasteiger charge is 2.03. The van der Waals surface area contributed by atoms with Crippen LogP contribution in [0.4, 0.5) is 0 Å². The zero-order valence-electron chi connectivity index (χ0n) is 22.0. The predicted octanol–water partition coefficient (Wildman–Crippen LogP) is 7.63. The van der Waals surface area contributed by atoms with E-state index in [2.05, 4.69) is 25.7 Å². The molecule has 1 aromatic rings. The van der Waals surface area contributed by atoms with Gasteiger partial charge in [0.1, 0.15) is 11.5 Å². The number of nitrogens with zero attached hydrogens (tertiary/aromatic N) is 1. The molecule has 0 heterocycles. The third-order valence-electron chi connectivity index (χ3n) is 3.66. The van der Waals surface area contributed by atoms with E-state index in [4.69, 9.17) is 9.84 Å². The first-order valence-electron chi connectivity index (χ1n) is 11.9. The van der Waals surface area contributed by atoms with Gasteiger partial charge in [0, 0.05) is 13.1 Å². The molecule has 0 aromatic heterocycles. The van der Waals surface area contributed by atoms with Gasteiger partial charge >= 0.3 is 0 Å². The Morgan fingerprint density at radius 2 is 1.70 bits per heavy atom. The lowest BCUT2D eigenvalue weighted by Gasteiger charge is -2.16. The molecule has 0 fully saturated rings. The zero-order chi connectivity index (χ0) is 25.7. The van der Waals surface area contributed by atoms with E-state index in [1.165, 1.54) is 4.90 Å². The van der Waals surface area contributed by atoms with E-state index in [9.17, 15) is 4.79 Å². The van der Waals surface area contributed by atoms with Crippen LogP contribution < -0.4 is 4.74 Å². The quantitative estimate of drug-likeness (QED) is 0.152. The summed E-state index contributed by atoms with van der Waals surface area (Å²) in [6.45, 7) is 18.4. The molecule has 0 bridgehead atoms. The van der Waals surface area contributed by atoms with Crippen LogP contribution in [0.1, 0.15) is 66.9 Å². The minimum absolute atomic E-state index is 0.0334. The number of aliphatic hydroxyl groups excluding tert-OH is 1. The highest BCUT2D eigenvalue weighted by Crippen LogP contribution is 2.16. The van der Waals surface area contributed by atoms with Crippen molar-refractivity contribution in [3.05, 3.63) is 90.8 Å². The van der Waals surface area contributed by atoms with Crippen LogP contribution in [0.5, 0.6) is 5.75 Å². The van der Waals surface area contributed by atoms with Crippen LogP contribution in [0.3, 0.4) is 0 Å². The molecule has 1 rings (SSSR count). The van der Waals surface area contributed by atoms with Crippen LogP contribution in [0.15, 0.2) is 85.2 Å². The first kappa shape index (κ1) is 34.8. The Hall–Kier alpha value is -2.85. The molecule has 4 heteroatoms. The topological polar surface area (TPSA) is 49.8 Å². The Balaban J connectivity index is -0.000000628. The summed E-state index contributed by atoms with van der Waals surface area (Å²) in [5.74, 6) is 1.56. The molecule has 0 saturated carbocycles. The minimum Gasteiger partial charge on any atom is -0.458 e. The number of aliphatic hydroxyl groups is 1. The summed E-state index contributed by atoms with van der Waals surface area (Å²) in [6, 6.07) is 7.58. The number of hydrogen-bond donors (Lipinski definition) is 1. The zero-order valence-corrected chi connectivity index (χ0v) is 22.0. The lowest BCUT2D eigenvalue weighted by molar-refractivity contribution is -0.119. The molecule has 1 aromatic carbocycles. The van der Waals surface area contributed by atoms with Gasteiger partial charge in [0.25, 0.3) is 0 Å². The third kappa shape index (κ3) is 22.1. The molecular formula is C29H47NO3. The van der Waals surface area contributed by atoms with Crippen molar-refractivity contribution in [3.8, 4) is 5.75 Å².